The Labute approximate surface area is 375 Å². The van der Waals surface area contributed by atoms with Gasteiger partial charge >= 0.3 is 12.1 Å². The van der Waals surface area contributed by atoms with Crippen LogP contribution in [0.5, 0.6) is 11.9 Å². The van der Waals surface area contributed by atoms with E-state index >= 15 is 13.2 Å². The van der Waals surface area contributed by atoms with E-state index in [-0.39, 0.29) is 77.4 Å². The van der Waals surface area contributed by atoms with E-state index in [1.165, 1.54) is 11.1 Å². The first-order valence-electron chi connectivity index (χ1n) is 22.2. The summed E-state index contributed by atoms with van der Waals surface area (Å²) in [6, 6.07) is 1.49. The summed E-state index contributed by atoms with van der Waals surface area (Å²) in [5, 5.41) is 5.35. The van der Waals surface area contributed by atoms with E-state index in [4.69, 9.17) is 40.0 Å². The number of rotatable bonds is 13. The Morgan fingerprint density at radius 3 is 2.56 bits per heavy atom. The fourth-order valence-corrected chi connectivity index (χ4v) is 9.45. The zero-order valence-corrected chi connectivity index (χ0v) is 38.1. The van der Waals surface area contributed by atoms with Gasteiger partial charge in [0, 0.05) is 54.7 Å². The van der Waals surface area contributed by atoms with Crippen molar-refractivity contribution < 1.29 is 50.8 Å². The highest BCUT2D eigenvalue weighted by Crippen LogP contribution is 2.44. The average Bonchev–Trinajstić information content (AvgIpc) is 3.91. The van der Waals surface area contributed by atoms with Crippen molar-refractivity contribution in [2.45, 2.75) is 134 Å². The molecular formula is C45H58ClF4N7O7. The van der Waals surface area contributed by atoms with Crippen LogP contribution in [0.3, 0.4) is 0 Å². The molecule has 19 heteroatoms. The number of amides is 1. The highest BCUT2D eigenvalue weighted by Gasteiger charge is 2.49. The Kier molecular flexibility index (Phi) is 13.3. The second kappa shape index (κ2) is 18.3. The summed E-state index contributed by atoms with van der Waals surface area (Å²) in [6.07, 6.45) is 3.88. The van der Waals surface area contributed by atoms with Crippen LogP contribution in [0.2, 0.25) is 5.02 Å². The maximum atomic E-state index is 17.5. The summed E-state index contributed by atoms with van der Waals surface area (Å²) in [5.74, 6) is -4.18. The van der Waals surface area contributed by atoms with E-state index in [1.54, 1.807) is 37.7 Å². The first-order valence-corrected chi connectivity index (χ1v) is 22.6. The standard InChI is InChI=1S/C45H58ClF4N7O7/c1-42(2,3)63-39-31-20-51-38(36(48)37(31)53-40(54-39)62-25-44-12-9-14-56(44)22-27(47)19-44)35-29(32(46)18-33-30(35)21-52-57(33)34-10-7-8-16-61-34)11-13-45(49,50)26-59-24-28-23-55(15-17-60-28)41(58)64-43(4,5)6/h18,20-21,27-28,34H,7-17,19,22-26H2,1-6H3/t27-,28-,34?,44+/m1/s1. The number of hydrogen-bond acceptors (Lipinski definition) is 12. The summed E-state index contributed by atoms with van der Waals surface area (Å²) in [6.45, 7) is 12.0. The summed E-state index contributed by atoms with van der Waals surface area (Å²) in [4.78, 5) is 29.9. The lowest BCUT2D eigenvalue weighted by molar-refractivity contribution is -0.117. The maximum absolute atomic E-state index is 17.5. The molecule has 0 aliphatic carbocycles. The minimum atomic E-state index is -3.35. The smallest absolute Gasteiger partial charge is 0.410 e. The second-order valence-corrected chi connectivity index (χ2v) is 19.8. The number of fused-ring (bicyclic) bond motifs is 3. The molecule has 4 fully saturated rings. The van der Waals surface area contributed by atoms with Crippen molar-refractivity contribution in [2.24, 2.45) is 0 Å². The normalized spacial score (nSPS) is 23.5. The van der Waals surface area contributed by atoms with Crippen LogP contribution in [-0.2, 0) is 25.4 Å². The average molecular weight is 920 g/mol. The molecule has 0 N–H and O–H groups in total. The van der Waals surface area contributed by atoms with Gasteiger partial charge in [-0.05, 0) is 98.2 Å². The van der Waals surface area contributed by atoms with Crippen LogP contribution in [0, 0.1) is 5.82 Å². The van der Waals surface area contributed by atoms with Crippen LogP contribution in [-0.4, -0.2) is 135 Å². The third-order valence-corrected chi connectivity index (χ3v) is 12.4. The van der Waals surface area contributed by atoms with Crippen molar-refractivity contribution in [2.75, 3.05) is 59.2 Å². The second-order valence-electron chi connectivity index (χ2n) is 19.4. The largest absolute Gasteiger partial charge is 0.471 e. The molecule has 4 saturated heterocycles. The molecule has 8 rings (SSSR count). The number of hydrogen-bond donors (Lipinski definition) is 0. The van der Waals surface area contributed by atoms with Crippen LogP contribution < -0.4 is 9.47 Å². The monoisotopic (exact) mass is 919 g/mol. The van der Waals surface area contributed by atoms with Gasteiger partial charge in [0.05, 0.1) is 48.5 Å². The zero-order valence-electron chi connectivity index (χ0n) is 37.4. The van der Waals surface area contributed by atoms with Gasteiger partial charge in [-0.3, -0.25) is 9.88 Å². The highest BCUT2D eigenvalue weighted by molar-refractivity contribution is 6.33. The van der Waals surface area contributed by atoms with Gasteiger partial charge in [0.2, 0.25) is 5.88 Å². The summed E-state index contributed by atoms with van der Waals surface area (Å²) < 4.78 is 101. The molecule has 3 aromatic heterocycles. The topological polar surface area (TPSA) is 135 Å². The molecule has 0 radical (unpaired) electrons. The van der Waals surface area contributed by atoms with E-state index < -0.39 is 66.1 Å². The van der Waals surface area contributed by atoms with Gasteiger partial charge in [-0.25, -0.2) is 27.0 Å². The number of aromatic nitrogens is 5. The first-order chi connectivity index (χ1) is 30.3. The van der Waals surface area contributed by atoms with Crippen LogP contribution in [0.4, 0.5) is 22.4 Å². The molecule has 14 nitrogen and oxygen atoms in total. The maximum Gasteiger partial charge on any atom is 0.410 e. The molecule has 1 amide bonds. The number of pyridine rings is 1. The number of alkyl halides is 3. The molecule has 64 heavy (non-hydrogen) atoms. The summed E-state index contributed by atoms with van der Waals surface area (Å²) in [7, 11) is 0. The van der Waals surface area contributed by atoms with Crippen molar-refractivity contribution in [3.8, 4) is 23.1 Å². The fraction of sp³-hybridized carbons (Fsp3) is 0.667. The van der Waals surface area contributed by atoms with Crippen LogP contribution in [0.15, 0.2) is 18.5 Å². The molecule has 4 aliphatic heterocycles. The Hall–Kier alpha value is -4.10. The summed E-state index contributed by atoms with van der Waals surface area (Å²) in [5.41, 5.74) is -1.40. The minimum Gasteiger partial charge on any atom is -0.471 e. The van der Waals surface area contributed by atoms with Crippen molar-refractivity contribution in [1.29, 1.82) is 0 Å². The lowest BCUT2D eigenvalue weighted by Gasteiger charge is -2.34. The first kappa shape index (κ1) is 46.4. The molecule has 4 atom stereocenters. The van der Waals surface area contributed by atoms with Crippen molar-refractivity contribution in [3.05, 3.63) is 34.9 Å². The number of nitrogens with zero attached hydrogens (tertiary/aromatic N) is 7. The fourth-order valence-electron chi connectivity index (χ4n) is 9.16. The van der Waals surface area contributed by atoms with Gasteiger partial charge in [-0.15, -0.1) is 0 Å². The lowest BCUT2D eigenvalue weighted by Crippen LogP contribution is -2.49. The third-order valence-electron chi connectivity index (χ3n) is 12.0. The lowest BCUT2D eigenvalue weighted by atomic mass is 9.94. The molecule has 4 aromatic rings. The number of carbonyl (C=O) groups is 1. The third kappa shape index (κ3) is 10.3. The molecule has 7 heterocycles. The Morgan fingerprint density at radius 2 is 1.81 bits per heavy atom. The molecule has 0 bridgehead atoms. The molecule has 1 unspecified atom stereocenters. The van der Waals surface area contributed by atoms with Crippen LogP contribution >= 0.6 is 11.6 Å². The quantitative estimate of drug-likeness (QED) is 0.119. The number of morpholine rings is 1. The molecule has 350 valence electrons. The SMILES string of the molecule is CC(C)(C)OC(=O)N1CCO[C@@H](COCC(F)(F)CCc2c(Cl)cc3c(cnn3C3CCCCO3)c2-c2ncc3c(OC(C)(C)C)nc(OC[C@@]45CCCN4C[C@H](F)C5)nc3c2F)C1. The Bertz CT molecular complexity index is 2340. The van der Waals surface area contributed by atoms with Gasteiger partial charge in [-0.1, -0.05) is 11.6 Å². The van der Waals surface area contributed by atoms with Crippen LogP contribution in [0.1, 0.15) is 98.3 Å². The molecule has 0 saturated carbocycles. The summed E-state index contributed by atoms with van der Waals surface area (Å²) >= 11 is 7.03. The van der Waals surface area contributed by atoms with Gasteiger partial charge in [0.25, 0.3) is 5.92 Å². The van der Waals surface area contributed by atoms with E-state index in [0.29, 0.717) is 43.4 Å². The van der Waals surface area contributed by atoms with Gasteiger partial charge in [-0.2, -0.15) is 15.1 Å². The molecular weight excluding hydrogens is 862 g/mol. The van der Waals surface area contributed by atoms with E-state index in [1.807, 2.05) is 20.8 Å². The van der Waals surface area contributed by atoms with Gasteiger partial charge < -0.3 is 33.3 Å². The molecule has 4 aliphatic rings. The van der Waals surface area contributed by atoms with E-state index in [0.717, 1.165) is 32.2 Å². The number of benzene rings is 1. The zero-order chi connectivity index (χ0) is 45.6. The van der Waals surface area contributed by atoms with Crippen molar-refractivity contribution in [1.82, 2.24) is 34.5 Å². The van der Waals surface area contributed by atoms with Gasteiger partial charge in [0.15, 0.2) is 12.0 Å². The minimum absolute atomic E-state index is 0.0376. The molecule has 0 spiro atoms. The van der Waals surface area contributed by atoms with Crippen molar-refractivity contribution >= 4 is 39.5 Å². The highest BCUT2D eigenvalue weighted by atomic mass is 35.5. The predicted octanol–water partition coefficient (Wildman–Crippen LogP) is 8.89. The van der Waals surface area contributed by atoms with E-state index in [9.17, 15) is 9.18 Å². The van der Waals surface area contributed by atoms with Gasteiger partial charge in [0.1, 0.15) is 41.8 Å². The Morgan fingerprint density at radius 1 is 1.00 bits per heavy atom. The number of halogens is 5. The number of carbonyl (C=O) groups excluding carboxylic acids is 1. The predicted molar refractivity (Wildman–Crippen MR) is 230 cm³/mol. The number of ether oxygens (including phenoxy) is 6. The van der Waals surface area contributed by atoms with Crippen LogP contribution in [0.25, 0.3) is 33.1 Å². The Balaban J connectivity index is 1.10. The van der Waals surface area contributed by atoms with E-state index in [2.05, 4.69) is 25.0 Å². The van der Waals surface area contributed by atoms with Crippen molar-refractivity contribution in [3.63, 3.8) is 0 Å². The molecule has 1 aromatic carbocycles.